The Bertz CT molecular complexity index is 918. The zero-order valence-corrected chi connectivity index (χ0v) is 14.8. The van der Waals surface area contributed by atoms with Crippen LogP contribution in [0.2, 0.25) is 0 Å². The van der Waals surface area contributed by atoms with Gasteiger partial charge in [-0.3, -0.25) is 4.79 Å². The first-order valence-electron chi connectivity index (χ1n) is 7.85. The third-order valence-corrected chi connectivity index (χ3v) is 4.60. The van der Waals surface area contributed by atoms with Gasteiger partial charge in [0.2, 0.25) is 5.82 Å². The molecule has 0 radical (unpaired) electrons. The molecule has 1 aliphatic carbocycles. The Morgan fingerprint density at radius 2 is 2.21 bits per heavy atom. The molecule has 4 rings (SSSR count). The SMILES string of the molecule is Cc1ccnc2nc(C(=O)N(Cc3cccc(Br)c3)C3CC3)nn12. The molecule has 1 saturated carbocycles. The quantitative estimate of drug-likeness (QED) is 0.692. The fourth-order valence-electron chi connectivity index (χ4n) is 2.71. The third kappa shape index (κ3) is 2.91. The van der Waals surface area contributed by atoms with E-state index < -0.39 is 0 Å². The number of hydrogen-bond donors (Lipinski definition) is 0. The summed E-state index contributed by atoms with van der Waals surface area (Å²) in [6.45, 7) is 2.47. The molecule has 6 nitrogen and oxygen atoms in total. The van der Waals surface area contributed by atoms with Gasteiger partial charge in [-0.15, -0.1) is 5.10 Å². The highest BCUT2D eigenvalue weighted by Crippen LogP contribution is 2.30. The molecule has 0 aliphatic heterocycles. The van der Waals surface area contributed by atoms with Crippen LogP contribution in [0, 0.1) is 6.92 Å². The predicted octanol–water partition coefficient (Wildman–Crippen LogP) is 3.00. The van der Waals surface area contributed by atoms with Gasteiger partial charge in [0.15, 0.2) is 0 Å². The Balaban J connectivity index is 1.65. The van der Waals surface area contributed by atoms with E-state index in [1.54, 1.807) is 10.7 Å². The molecule has 122 valence electrons. The molecule has 3 aromatic rings. The average Bonchev–Trinajstić information content (AvgIpc) is 3.30. The summed E-state index contributed by atoms with van der Waals surface area (Å²) >= 11 is 3.48. The Hall–Kier alpha value is -2.28. The molecule has 0 saturated heterocycles. The molecule has 1 aliphatic rings. The van der Waals surface area contributed by atoms with Gasteiger partial charge in [-0.05, 0) is 43.5 Å². The van der Waals surface area contributed by atoms with Gasteiger partial charge in [0, 0.05) is 29.0 Å². The second-order valence-electron chi connectivity index (χ2n) is 6.03. The van der Waals surface area contributed by atoms with Crippen molar-refractivity contribution in [3.8, 4) is 0 Å². The summed E-state index contributed by atoms with van der Waals surface area (Å²) in [7, 11) is 0. The predicted molar refractivity (Wildman–Crippen MR) is 92.6 cm³/mol. The van der Waals surface area contributed by atoms with E-state index in [4.69, 9.17) is 0 Å². The molecule has 2 heterocycles. The Labute approximate surface area is 147 Å². The van der Waals surface area contributed by atoms with Crippen LogP contribution in [0.3, 0.4) is 0 Å². The second-order valence-corrected chi connectivity index (χ2v) is 6.94. The lowest BCUT2D eigenvalue weighted by Crippen LogP contribution is -2.33. The molecule has 1 aromatic carbocycles. The van der Waals surface area contributed by atoms with Gasteiger partial charge >= 0.3 is 0 Å². The van der Waals surface area contributed by atoms with Crippen LogP contribution in [0.15, 0.2) is 41.0 Å². The number of benzene rings is 1. The van der Waals surface area contributed by atoms with Crippen LogP contribution in [-0.2, 0) is 6.54 Å². The number of rotatable bonds is 4. The molecular formula is C17H16BrN5O. The Kier molecular flexibility index (Phi) is 3.80. The van der Waals surface area contributed by atoms with E-state index in [2.05, 4.69) is 31.0 Å². The number of nitrogens with zero attached hydrogens (tertiary/aromatic N) is 5. The number of amides is 1. The van der Waals surface area contributed by atoms with Crippen molar-refractivity contribution in [1.29, 1.82) is 0 Å². The largest absolute Gasteiger partial charge is 0.329 e. The molecule has 1 fully saturated rings. The summed E-state index contributed by atoms with van der Waals surface area (Å²) in [5, 5.41) is 4.35. The minimum absolute atomic E-state index is 0.137. The van der Waals surface area contributed by atoms with E-state index in [1.807, 2.05) is 42.2 Å². The summed E-state index contributed by atoms with van der Waals surface area (Å²) < 4.78 is 2.62. The first-order valence-corrected chi connectivity index (χ1v) is 8.65. The lowest BCUT2D eigenvalue weighted by molar-refractivity contribution is 0.0717. The van der Waals surface area contributed by atoms with E-state index in [0.717, 1.165) is 28.6 Å². The second kappa shape index (κ2) is 5.98. The third-order valence-electron chi connectivity index (χ3n) is 4.11. The van der Waals surface area contributed by atoms with Crippen molar-refractivity contribution in [3.05, 3.63) is 58.1 Å². The highest BCUT2D eigenvalue weighted by atomic mass is 79.9. The summed E-state index contributed by atoms with van der Waals surface area (Å²) in [5.74, 6) is 0.526. The number of carbonyl (C=O) groups excluding carboxylic acids is 1. The fraction of sp³-hybridized carbons (Fsp3) is 0.294. The van der Waals surface area contributed by atoms with Gasteiger partial charge in [-0.2, -0.15) is 4.98 Å². The normalized spacial score (nSPS) is 14.1. The van der Waals surface area contributed by atoms with Crippen LogP contribution >= 0.6 is 15.9 Å². The van der Waals surface area contributed by atoms with Gasteiger partial charge in [0.1, 0.15) is 0 Å². The summed E-state index contributed by atoms with van der Waals surface area (Å²) in [6.07, 6.45) is 3.74. The van der Waals surface area contributed by atoms with Gasteiger partial charge in [-0.1, -0.05) is 28.1 Å². The molecule has 0 atom stereocenters. The molecule has 0 N–H and O–H groups in total. The monoisotopic (exact) mass is 385 g/mol. The maximum absolute atomic E-state index is 12.9. The van der Waals surface area contributed by atoms with E-state index in [-0.39, 0.29) is 17.8 Å². The van der Waals surface area contributed by atoms with Crippen LogP contribution in [0.4, 0.5) is 0 Å². The Morgan fingerprint density at radius 1 is 1.38 bits per heavy atom. The number of aryl methyl sites for hydroxylation is 1. The van der Waals surface area contributed by atoms with Crippen LogP contribution in [0.1, 0.15) is 34.7 Å². The average molecular weight is 386 g/mol. The van der Waals surface area contributed by atoms with Crippen molar-refractivity contribution < 1.29 is 4.79 Å². The summed E-state index contributed by atoms with van der Waals surface area (Å²) in [5.41, 5.74) is 1.99. The molecule has 0 bridgehead atoms. The number of aromatic nitrogens is 4. The number of halogens is 1. The lowest BCUT2D eigenvalue weighted by Gasteiger charge is -2.21. The van der Waals surface area contributed by atoms with Gasteiger partial charge in [-0.25, -0.2) is 9.50 Å². The molecule has 1 amide bonds. The van der Waals surface area contributed by atoms with Crippen molar-refractivity contribution in [2.75, 3.05) is 0 Å². The standard InChI is InChI=1S/C17H16BrN5O/c1-11-7-8-19-17-20-15(21-23(11)17)16(24)22(14-5-6-14)10-12-3-2-4-13(18)9-12/h2-4,7-9,14H,5-6,10H2,1H3. The molecular weight excluding hydrogens is 370 g/mol. The minimum atomic E-state index is -0.137. The first kappa shape index (κ1) is 15.3. The van der Waals surface area contributed by atoms with Crippen LogP contribution in [0.5, 0.6) is 0 Å². The molecule has 0 spiro atoms. The van der Waals surface area contributed by atoms with Gasteiger partial charge < -0.3 is 4.90 Å². The maximum Gasteiger partial charge on any atom is 0.294 e. The van der Waals surface area contributed by atoms with Crippen molar-refractivity contribution >= 4 is 27.6 Å². The Morgan fingerprint density at radius 3 is 2.92 bits per heavy atom. The van der Waals surface area contributed by atoms with Crippen molar-refractivity contribution in [1.82, 2.24) is 24.5 Å². The van der Waals surface area contributed by atoms with Crippen molar-refractivity contribution in [2.45, 2.75) is 32.4 Å². The van der Waals surface area contributed by atoms with E-state index in [1.165, 1.54) is 0 Å². The zero-order valence-electron chi connectivity index (χ0n) is 13.2. The fourth-order valence-corrected chi connectivity index (χ4v) is 3.16. The molecule has 7 heteroatoms. The van der Waals surface area contributed by atoms with Crippen LogP contribution in [0.25, 0.3) is 5.78 Å². The molecule has 0 unspecified atom stereocenters. The topological polar surface area (TPSA) is 63.4 Å². The van der Waals surface area contributed by atoms with E-state index in [0.29, 0.717) is 12.3 Å². The smallest absolute Gasteiger partial charge is 0.294 e. The van der Waals surface area contributed by atoms with Crippen LogP contribution in [-0.4, -0.2) is 36.4 Å². The molecule has 2 aromatic heterocycles. The van der Waals surface area contributed by atoms with Crippen molar-refractivity contribution in [3.63, 3.8) is 0 Å². The summed E-state index contributed by atoms with van der Waals surface area (Å²) in [6, 6.07) is 10.1. The highest BCUT2D eigenvalue weighted by Gasteiger charge is 2.35. The minimum Gasteiger partial charge on any atom is -0.329 e. The number of carbonyl (C=O) groups is 1. The van der Waals surface area contributed by atoms with E-state index >= 15 is 0 Å². The van der Waals surface area contributed by atoms with E-state index in [9.17, 15) is 4.79 Å². The lowest BCUT2D eigenvalue weighted by atomic mass is 10.2. The number of hydrogen-bond acceptors (Lipinski definition) is 4. The summed E-state index contributed by atoms with van der Waals surface area (Å²) in [4.78, 5) is 23.3. The van der Waals surface area contributed by atoms with Gasteiger partial charge in [0.05, 0.1) is 0 Å². The van der Waals surface area contributed by atoms with Crippen LogP contribution < -0.4 is 0 Å². The first-order chi connectivity index (χ1) is 11.6. The maximum atomic E-state index is 12.9. The number of fused-ring (bicyclic) bond motifs is 1. The van der Waals surface area contributed by atoms with Crippen molar-refractivity contribution in [2.24, 2.45) is 0 Å². The molecule has 24 heavy (non-hydrogen) atoms. The van der Waals surface area contributed by atoms with Gasteiger partial charge in [0.25, 0.3) is 11.7 Å². The zero-order chi connectivity index (χ0) is 16.7. The highest BCUT2D eigenvalue weighted by molar-refractivity contribution is 9.10.